The lowest BCUT2D eigenvalue weighted by Crippen LogP contribution is -2.49. The number of benzene rings is 2. The number of hydrogen-bond donors (Lipinski definition) is 1. The second-order valence-electron chi connectivity index (χ2n) is 6.91. The summed E-state index contributed by atoms with van der Waals surface area (Å²) in [5, 5.41) is 6.18. The fraction of sp³-hybridized carbons (Fsp3) is 0.273. The van der Waals surface area contributed by atoms with Crippen molar-refractivity contribution in [2.75, 3.05) is 38.6 Å². The molecule has 0 bridgehead atoms. The number of piperazine rings is 1. The van der Waals surface area contributed by atoms with Gasteiger partial charge in [-0.3, -0.25) is 4.90 Å². The third-order valence-corrected chi connectivity index (χ3v) is 5.81. The first-order valence-electron chi connectivity index (χ1n) is 9.63. The second kappa shape index (κ2) is 9.07. The third kappa shape index (κ3) is 4.93. The molecule has 0 aliphatic carbocycles. The maximum Gasteiger partial charge on any atom is 0.321 e. The van der Waals surface area contributed by atoms with Gasteiger partial charge in [-0.05, 0) is 24.3 Å². The number of ether oxygens (including phenoxy) is 1. The van der Waals surface area contributed by atoms with Gasteiger partial charge in [0, 0.05) is 42.8 Å². The molecule has 1 aliphatic heterocycles. The highest BCUT2D eigenvalue weighted by Gasteiger charge is 2.22. The Labute approximate surface area is 174 Å². The highest BCUT2D eigenvalue weighted by molar-refractivity contribution is 7.09. The van der Waals surface area contributed by atoms with E-state index in [1.54, 1.807) is 18.4 Å². The van der Waals surface area contributed by atoms with Gasteiger partial charge in [-0.15, -0.1) is 11.3 Å². The predicted molar refractivity (Wildman–Crippen MR) is 116 cm³/mol. The van der Waals surface area contributed by atoms with E-state index in [-0.39, 0.29) is 6.03 Å². The zero-order valence-electron chi connectivity index (χ0n) is 16.4. The quantitative estimate of drug-likeness (QED) is 0.688. The van der Waals surface area contributed by atoms with Crippen molar-refractivity contribution >= 4 is 23.1 Å². The molecule has 6 nitrogen and oxygen atoms in total. The minimum absolute atomic E-state index is 0.0598. The molecular weight excluding hydrogens is 384 g/mol. The minimum Gasteiger partial charge on any atom is -0.497 e. The molecule has 1 N–H and O–H groups in total. The summed E-state index contributed by atoms with van der Waals surface area (Å²) >= 11 is 1.69. The van der Waals surface area contributed by atoms with Gasteiger partial charge >= 0.3 is 6.03 Å². The summed E-state index contributed by atoms with van der Waals surface area (Å²) in [6.07, 6.45) is 0. The van der Waals surface area contributed by atoms with Crippen molar-refractivity contribution in [2.24, 2.45) is 0 Å². The highest BCUT2D eigenvalue weighted by Crippen LogP contribution is 2.23. The fourth-order valence-electron chi connectivity index (χ4n) is 3.30. The van der Waals surface area contributed by atoms with Crippen LogP contribution in [0.3, 0.4) is 0 Å². The number of amides is 2. The molecular formula is C22H24N4O2S. The van der Waals surface area contributed by atoms with E-state index in [1.165, 1.54) is 0 Å². The third-order valence-electron chi connectivity index (χ3n) is 4.98. The lowest BCUT2D eigenvalue weighted by atomic mass is 10.2. The highest BCUT2D eigenvalue weighted by atomic mass is 32.1. The Morgan fingerprint density at radius 2 is 1.79 bits per heavy atom. The normalized spacial score (nSPS) is 14.6. The molecule has 3 aromatic rings. The Kier molecular flexibility index (Phi) is 6.07. The van der Waals surface area contributed by atoms with E-state index >= 15 is 0 Å². The van der Waals surface area contributed by atoms with Crippen molar-refractivity contribution in [2.45, 2.75) is 6.54 Å². The van der Waals surface area contributed by atoms with Gasteiger partial charge in [0.25, 0.3) is 0 Å². The van der Waals surface area contributed by atoms with Crippen molar-refractivity contribution in [3.05, 3.63) is 65.0 Å². The fourth-order valence-corrected chi connectivity index (χ4v) is 4.15. The number of carbonyl (C=O) groups is 1. The molecule has 150 valence electrons. The molecule has 4 rings (SSSR count). The summed E-state index contributed by atoms with van der Waals surface area (Å²) in [5.41, 5.74) is 2.95. The number of methoxy groups -OCH3 is 1. The molecule has 2 aromatic carbocycles. The van der Waals surface area contributed by atoms with E-state index in [4.69, 9.17) is 9.72 Å². The van der Waals surface area contributed by atoms with Crippen molar-refractivity contribution in [3.63, 3.8) is 0 Å². The molecule has 1 aliphatic rings. The van der Waals surface area contributed by atoms with Crippen LogP contribution in [0.2, 0.25) is 0 Å². The van der Waals surface area contributed by atoms with E-state index < -0.39 is 0 Å². The summed E-state index contributed by atoms with van der Waals surface area (Å²) in [5.74, 6) is 0.772. The van der Waals surface area contributed by atoms with Gasteiger partial charge in [-0.1, -0.05) is 30.3 Å². The molecule has 29 heavy (non-hydrogen) atoms. The molecule has 1 aromatic heterocycles. The Morgan fingerprint density at radius 3 is 2.48 bits per heavy atom. The lowest BCUT2D eigenvalue weighted by Gasteiger charge is -2.34. The first-order chi connectivity index (χ1) is 14.2. The Bertz CT molecular complexity index is 935. The number of anilines is 1. The lowest BCUT2D eigenvalue weighted by molar-refractivity contribution is 0.143. The number of nitrogens with zero attached hydrogens (tertiary/aromatic N) is 3. The van der Waals surface area contributed by atoms with E-state index in [1.807, 2.05) is 47.4 Å². The number of rotatable bonds is 5. The Balaban J connectivity index is 1.27. The zero-order chi connectivity index (χ0) is 20.1. The van der Waals surface area contributed by atoms with Crippen molar-refractivity contribution in [1.82, 2.24) is 14.8 Å². The molecule has 1 saturated heterocycles. The number of hydrogen-bond acceptors (Lipinski definition) is 5. The van der Waals surface area contributed by atoms with Crippen LogP contribution in [0.4, 0.5) is 10.5 Å². The zero-order valence-corrected chi connectivity index (χ0v) is 17.2. The van der Waals surface area contributed by atoms with Gasteiger partial charge in [0.05, 0.1) is 19.3 Å². The average molecular weight is 409 g/mol. The molecule has 0 unspecified atom stereocenters. The number of thiazole rings is 1. The summed E-state index contributed by atoms with van der Waals surface area (Å²) in [4.78, 5) is 21.5. The number of urea groups is 1. The number of nitrogens with one attached hydrogen (secondary N) is 1. The minimum atomic E-state index is -0.0598. The van der Waals surface area contributed by atoms with E-state index in [0.29, 0.717) is 13.1 Å². The summed E-state index contributed by atoms with van der Waals surface area (Å²) in [7, 11) is 1.63. The number of carbonyl (C=O) groups excluding carboxylic acids is 1. The average Bonchev–Trinajstić information content (AvgIpc) is 3.24. The van der Waals surface area contributed by atoms with Crippen molar-refractivity contribution in [3.8, 4) is 17.0 Å². The maximum absolute atomic E-state index is 12.5. The van der Waals surface area contributed by atoms with Crippen LogP contribution < -0.4 is 10.1 Å². The van der Waals surface area contributed by atoms with Crippen LogP contribution in [-0.4, -0.2) is 54.1 Å². The standard InChI is InChI=1S/C22H24N4O2S/c1-28-19-9-7-18(8-10-19)23-22(27)26-13-11-25(12-14-26)15-21-24-20(16-29-21)17-5-3-2-4-6-17/h2-10,16H,11-15H2,1H3,(H,23,27). The molecule has 2 amide bonds. The molecule has 0 atom stereocenters. The van der Waals surface area contributed by atoms with Crippen molar-refractivity contribution < 1.29 is 9.53 Å². The maximum atomic E-state index is 12.5. The molecule has 0 saturated carbocycles. The molecule has 2 heterocycles. The van der Waals surface area contributed by atoms with Gasteiger partial charge in [-0.25, -0.2) is 9.78 Å². The Hall–Kier alpha value is -2.90. The second-order valence-corrected chi connectivity index (χ2v) is 7.86. The topological polar surface area (TPSA) is 57.7 Å². The molecule has 0 spiro atoms. The predicted octanol–water partition coefficient (Wildman–Crippen LogP) is 4.17. The monoisotopic (exact) mass is 408 g/mol. The first kappa shape index (κ1) is 19.4. The largest absolute Gasteiger partial charge is 0.497 e. The smallest absolute Gasteiger partial charge is 0.321 e. The van der Waals surface area contributed by atoms with E-state index in [0.717, 1.165) is 47.3 Å². The number of aromatic nitrogens is 1. The Morgan fingerprint density at radius 1 is 1.07 bits per heavy atom. The summed E-state index contributed by atoms with van der Waals surface area (Å²) in [6.45, 7) is 3.93. The van der Waals surface area contributed by atoms with Crippen molar-refractivity contribution in [1.29, 1.82) is 0 Å². The van der Waals surface area contributed by atoms with Crippen LogP contribution in [0.1, 0.15) is 5.01 Å². The van der Waals surface area contributed by atoms with Crippen LogP contribution in [-0.2, 0) is 6.54 Å². The summed E-state index contributed by atoms with van der Waals surface area (Å²) < 4.78 is 5.14. The molecule has 1 fully saturated rings. The van der Waals surface area contributed by atoms with Gasteiger partial charge in [0.15, 0.2) is 0 Å². The van der Waals surface area contributed by atoms with Crippen LogP contribution in [0.25, 0.3) is 11.3 Å². The van der Waals surface area contributed by atoms with E-state index in [9.17, 15) is 4.79 Å². The van der Waals surface area contributed by atoms with Crippen LogP contribution in [0, 0.1) is 0 Å². The van der Waals surface area contributed by atoms with Gasteiger partial charge in [-0.2, -0.15) is 0 Å². The molecule has 7 heteroatoms. The molecule has 0 radical (unpaired) electrons. The SMILES string of the molecule is COc1ccc(NC(=O)N2CCN(Cc3nc(-c4ccccc4)cs3)CC2)cc1. The van der Waals surface area contributed by atoms with Gasteiger partial charge < -0.3 is 15.0 Å². The van der Waals surface area contributed by atoms with Gasteiger partial charge in [0.1, 0.15) is 10.8 Å². The van der Waals surface area contributed by atoms with Gasteiger partial charge in [0.2, 0.25) is 0 Å². The van der Waals surface area contributed by atoms with Crippen LogP contribution in [0.15, 0.2) is 60.0 Å². The first-order valence-corrected chi connectivity index (χ1v) is 10.5. The van der Waals surface area contributed by atoms with E-state index in [2.05, 4.69) is 27.7 Å². The van der Waals surface area contributed by atoms with Crippen LogP contribution >= 0.6 is 11.3 Å². The van der Waals surface area contributed by atoms with Crippen LogP contribution in [0.5, 0.6) is 5.75 Å². The summed E-state index contributed by atoms with van der Waals surface area (Å²) in [6, 6.07) is 17.6.